The van der Waals surface area contributed by atoms with Gasteiger partial charge in [-0.2, -0.15) is 0 Å². The first-order valence-corrected chi connectivity index (χ1v) is 5.74. The number of nitrogens with zero attached hydrogens (tertiary/aromatic N) is 1. The minimum absolute atomic E-state index is 0.0647. The van der Waals surface area contributed by atoms with Crippen LogP contribution in [0.2, 0.25) is 0 Å². The third kappa shape index (κ3) is 3.47. The molecule has 88 valence electrons. The molecule has 1 aliphatic rings. The monoisotopic (exact) mass is 214 g/mol. The minimum Gasteiger partial charge on any atom is -0.380 e. The molecule has 1 aliphatic heterocycles. The maximum atomic E-state index is 12.1. The quantitative estimate of drug-likeness (QED) is 0.754. The van der Waals surface area contributed by atoms with Gasteiger partial charge in [-0.1, -0.05) is 13.3 Å². The van der Waals surface area contributed by atoms with Gasteiger partial charge in [0.25, 0.3) is 0 Å². The van der Waals surface area contributed by atoms with Crippen LogP contribution in [0, 0.1) is 0 Å². The van der Waals surface area contributed by atoms with E-state index in [0.29, 0.717) is 13.2 Å². The Morgan fingerprint density at radius 1 is 1.47 bits per heavy atom. The predicted octanol–water partition coefficient (Wildman–Crippen LogP) is 0.753. The molecule has 0 spiro atoms. The Hall–Kier alpha value is -0.610. The molecule has 2 N–H and O–H groups in total. The topological polar surface area (TPSA) is 55.6 Å². The summed E-state index contributed by atoms with van der Waals surface area (Å²) in [6.45, 7) is 6.70. The first kappa shape index (κ1) is 12.5. The van der Waals surface area contributed by atoms with Crippen LogP contribution in [0.25, 0.3) is 0 Å². The fraction of sp³-hybridized carbons (Fsp3) is 0.909. The molecular weight excluding hydrogens is 192 g/mol. The number of ether oxygens (including phenoxy) is 1. The van der Waals surface area contributed by atoms with Gasteiger partial charge in [-0.3, -0.25) is 4.79 Å². The fourth-order valence-electron chi connectivity index (χ4n) is 1.94. The molecule has 0 aromatic heterocycles. The second-order valence-corrected chi connectivity index (χ2v) is 4.43. The van der Waals surface area contributed by atoms with Crippen molar-refractivity contribution in [2.75, 3.05) is 26.3 Å². The highest BCUT2D eigenvalue weighted by molar-refractivity contribution is 5.85. The van der Waals surface area contributed by atoms with Gasteiger partial charge >= 0.3 is 0 Å². The highest BCUT2D eigenvalue weighted by Gasteiger charge is 2.31. The summed E-state index contributed by atoms with van der Waals surface area (Å²) in [5.41, 5.74) is 5.31. The zero-order chi connectivity index (χ0) is 11.3. The summed E-state index contributed by atoms with van der Waals surface area (Å²) in [7, 11) is 0. The Balaban J connectivity index is 2.56. The Bertz CT molecular complexity index is 209. The summed E-state index contributed by atoms with van der Waals surface area (Å²) in [5.74, 6) is 0.0647. The van der Waals surface area contributed by atoms with Crippen LogP contribution in [0.4, 0.5) is 0 Å². The lowest BCUT2D eigenvalue weighted by Crippen LogP contribution is -2.53. The molecule has 1 amide bonds. The summed E-state index contributed by atoms with van der Waals surface area (Å²) in [6, 6.07) is 0. The van der Waals surface area contributed by atoms with Gasteiger partial charge in [0.15, 0.2) is 0 Å². The van der Waals surface area contributed by atoms with E-state index in [1.807, 2.05) is 18.7 Å². The second-order valence-electron chi connectivity index (χ2n) is 4.43. The van der Waals surface area contributed by atoms with Gasteiger partial charge in [-0.25, -0.2) is 0 Å². The molecule has 0 aromatic rings. The molecule has 1 fully saturated rings. The van der Waals surface area contributed by atoms with Crippen LogP contribution in [-0.2, 0) is 9.53 Å². The first-order chi connectivity index (χ1) is 7.08. The molecule has 4 heteroatoms. The van der Waals surface area contributed by atoms with E-state index in [1.54, 1.807) is 0 Å². The van der Waals surface area contributed by atoms with Crippen molar-refractivity contribution in [1.82, 2.24) is 4.90 Å². The molecule has 0 aromatic carbocycles. The summed E-state index contributed by atoms with van der Waals surface area (Å²) in [5, 5.41) is 0. The Kier molecular flexibility index (Phi) is 4.54. The zero-order valence-electron chi connectivity index (χ0n) is 9.79. The number of hydrogen-bond donors (Lipinski definition) is 1. The smallest absolute Gasteiger partial charge is 0.242 e. The van der Waals surface area contributed by atoms with Crippen LogP contribution in [-0.4, -0.2) is 42.6 Å². The van der Waals surface area contributed by atoms with Crippen molar-refractivity contribution in [2.45, 2.75) is 38.6 Å². The van der Waals surface area contributed by atoms with E-state index in [0.717, 1.165) is 32.4 Å². The van der Waals surface area contributed by atoms with Gasteiger partial charge in [-0.05, 0) is 19.8 Å². The SMILES string of the molecule is CCCC(C)(N)C(=O)N1CCCOCC1. The van der Waals surface area contributed by atoms with Gasteiger partial charge in [-0.15, -0.1) is 0 Å². The van der Waals surface area contributed by atoms with Gasteiger partial charge in [0.1, 0.15) is 0 Å². The van der Waals surface area contributed by atoms with Crippen molar-refractivity contribution >= 4 is 5.91 Å². The lowest BCUT2D eigenvalue weighted by molar-refractivity contribution is -0.136. The molecule has 1 atom stereocenters. The highest BCUT2D eigenvalue weighted by atomic mass is 16.5. The van der Waals surface area contributed by atoms with Crippen LogP contribution < -0.4 is 5.73 Å². The van der Waals surface area contributed by atoms with Crippen molar-refractivity contribution in [3.8, 4) is 0 Å². The van der Waals surface area contributed by atoms with Crippen molar-refractivity contribution in [3.05, 3.63) is 0 Å². The van der Waals surface area contributed by atoms with Gasteiger partial charge < -0.3 is 15.4 Å². The molecule has 0 saturated carbocycles. The second kappa shape index (κ2) is 5.47. The molecular formula is C11H22N2O2. The summed E-state index contributed by atoms with van der Waals surface area (Å²) < 4.78 is 5.31. The van der Waals surface area contributed by atoms with Gasteiger partial charge in [0.05, 0.1) is 12.1 Å². The van der Waals surface area contributed by atoms with Crippen LogP contribution in [0.5, 0.6) is 0 Å². The Labute approximate surface area is 91.8 Å². The summed E-state index contributed by atoms with van der Waals surface area (Å²) in [4.78, 5) is 13.9. The van der Waals surface area contributed by atoms with E-state index in [1.165, 1.54) is 0 Å². The predicted molar refractivity (Wildman–Crippen MR) is 59.5 cm³/mol. The average molecular weight is 214 g/mol. The van der Waals surface area contributed by atoms with E-state index >= 15 is 0 Å². The molecule has 0 bridgehead atoms. The Morgan fingerprint density at radius 2 is 2.20 bits per heavy atom. The van der Waals surface area contributed by atoms with Crippen LogP contribution in [0.15, 0.2) is 0 Å². The lowest BCUT2D eigenvalue weighted by Gasteiger charge is -2.30. The van der Waals surface area contributed by atoms with Crippen molar-refractivity contribution in [3.63, 3.8) is 0 Å². The van der Waals surface area contributed by atoms with Gasteiger partial charge in [0, 0.05) is 19.7 Å². The fourth-order valence-corrected chi connectivity index (χ4v) is 1.94. The van der Waals surface area contributed by atoms with Crippen molar-refractivity contribution < 1.29 is 9.53 Å². The molecule has 15 heavy (non-hydrogen) atoms. The van der Waals surface area contributed by atoms with E-state index in [4.69, 9.17) is 10.5 Å². The molecule has 1 rings (SSSR count). The lowest BCUT2D eigenvalue weighted by atomic mass is 9.95. The van der Waals surface area contributed by atoms with Crippen molar-refractivity contribution in [2.24, 2.45) is 5.73 Å². The number of rotatable bonds is 3. The first-order valence-electron chi connectivity index (χ1n) is 5.74. The van der Waals surface area contributed by atoms with E-state index < -0.39 is 5.54 Å². The van der Waals surface area contributed by atoms with E-state index in [-0.39, 0.29) is 5.91 Å². The number of carbonyl (C=O) groups is 1. The third-order valence-corrected chi connectivity index (χ3v) is 2.77. The normalized spacial score (nSPS) is 21.9. The molecule has 1 heterocycles. The zero-order valence-corrected chi connectivity index (χ0v) is 9.79. The Morgan fingerprint density at radius 3 is 2.87 bits per heavy atom. The third-order valence-electron chi connectivity index (χ3n) is 2.77. The number of carbonyl (C=O) groups excluding carboxylic acids is 1. The molecule has 0 radical (unpaired) electrons. The van der Waals surface area contributed by atoms with E-state index in [9.17, 15) is 4.79 Å². The summed E-state index contributed by atoms with van der Waals surface area (Å²) in [6.07, 6.45) is 2.58. The minimum atomic E-state index is -0.709. The van der Waals surface area contributed by atoms with Crippen LogP contribution in [0.3, 0.4) is 0 Å². The van der Waals surface area contributed by atoms with E-state index in [2.05, 4.69) is 0 Å². The van der Waals surface area contributed by atoms with Crippen LogP contribution in [0.1, 0.15) is 33.1 Å². The highest BCUT2D eigenvalue weighted by Crippen LogP contribution is 2.14. The summed E-state index contributed by atoms with van der Waals surface area (Å²) >= 11 is 0. The molecule has 1 unspecified atom stereocenters. The maximum absolute atomic E-state index is 12.1. The largest absolute Gasteiger partial charge is 0.380 e. The number of nitrogens with two attached hydrogens (primary N) is 1. The van der Waals surface area contributed by atoms with Gasteiger partial charge in [0.2, 0.25) is 5.91 Å². The average Bonchev–Trinajstić information content (AvgIpc) is 2.44. The number of amides is 1. The van der Waals surface area contributed by atoms with Crippen molar-refractivity contribution in [1.29, 1.82) is 0 Å². The van der Waals surface area contributed by atoms with Crippen LogP contribution >= 0.6 is 0 Å². The maximum Gasteiger partial charge on any atom is 0.242 e. The standard InChI is InChI=1S/C11H22N2O2/c1-3-5-11(2,12)10(14)13-6-4-8-15-9-7-13/h3-9,12H2,1-2H3. The molecule has 1 saturated heterocycles. The molecule has 4 nitrogen and oxygen atoms in total. The number of hydrogen-bond acceptors (Lipinski definition) is 3. The molecule has 0 aliphatic carbocycles.